The summed E-state index contributed by atoms with van der Waals surface area (Å²) >= 11 is 1.57. The molecule has 1 aliphatic rings. The molecule has 0 bridgehead atoms. The molecule has 1 saturated heterocycles. The lowest BCUT2D eigenvalue weighted by Crippen LogP contribution is -2.58. The summed E-state index contributed by atoms with van der Waals surface area (Å²) < 4.78 is 4.95. The lowest BCUT2D eigenvalue weighted by atomic mass is 9.85. The fraction of sp³-hybridized carbons (Fsp3) is 0.519. The van der Waals surface area contributed by atoms with E-state index in [9.17, 15) is 24.3 Å². The zero-order valence-corrected chi connectivity index (χ0v) is 23.2. The van der Waals surface area contributed by atoms with Crippen LogP contribution in [0.5, 0.6) is 0 Å². The van der Waals surface area contributed by atoms with Gasteiger partial charge in [0.2, 0.25) is 17.7 Å². The van der Waals surface area contributed by atoms with Crippen molar-refractivity contribution >= 4 is 35.3 Å². The van der Waals surface area contributed by atoms with E-state index >= 15 is 0 Å². The Morgan fingerprint density at radius 1 is 1.24 bits per heavy atom. The molecular weight excluding hydrogens is 508 g/mol. The number of benzene rings is 1. The number of ether oxygens (including phenoxy) is 1. The van der Waals surface area contributed by atoms with Crippen LogP contribution in [0.1, 0.15) is 51.4 Å². The number of amides is 3. The zero-order valence-electron chi connectivity index (χ0n) is 22.4. The van der Waals surface area contributed by atoms with E-state index in [0.717, 1.165) is 21.7 Å². The molecule has 38 heavy (non-hydrogen) atoms. The predicted octanol–water partition coefficient (Wildman–Crippen LogP) is 2.00. The molecule has 0 spiro atoms. The van der Waals surface area contributed by atoms with Gasteiger partial charge in [-0.1, -0.05) is 45.0 Å². The molecule has 1 fully saturated rings. The normalized spacial score (nSPS) is 19.1. The highest BCUT2D eigenvalue weighted by atomic mass is 32.1. The standard InChI is InChI=1S/C27H36N4O6S/c1-16(18-6-8-19(9-7-18)23-17(2)28-15-38-23)29-25(35)21-12-20(33)13-31(21)26(36)24(27(3,4)5)30-22(34)14-37-11-10-32/h6-10,15-16,20-21,24,33H,11-14H2,1-5H3,(H,29,35)(H,30,34)/t16-,20+,21-,24+/m0/s1. The molecule has 1 aliphatic heterocycles. The van der Waals surface area contributed by atoms with Gasteiger partial charge in [-0.05, 0) is 30.4 Å². The Morgan fingerprint density at radius 3 is 2.50 bits per heavy atom. The molecule has 0 radical (unpaired) electrons. The van der Waals surface area contributed by atoms with Crippen LogP contribution in [0.4, 0.5) is 0 Å². The molecule has 2 aromatic rings. The van der Waals surface area contributed by atoms with Crippen molar-refractivity contribution in [2.75, 3.05) is 19.8 Å². The summed E-state index contributed by atoms with van der Waals surface area (Å²) in [5, 5.41) is 16.0. The fourth-order valence-electron chi connectivity index (χ4n) is 4.42. The summed E-state index contributed by atoms with van der Waals surface area (Å²) in [6.07, 6.45) is -0.230. The second-order valence-corrected chi connectivity index (χ2v) is 11.4. The molecule has 10 nitrogen and oxygen atoms in total. The maximum atomic E-state index is 13.6. The Labute approximate surface area is 226 Å². The zero-order chi connectivity index (χ0) is 28.0. The quantitative estimate of drug-likeness (QED) is 0.307. The predicted molar refractivity (Wildman–Crippen MR) is 143 cm³/mol. The molecule has 2 heterocycles. The molecule has 1 aromatic carbocycles. The summed E-state index contributed by atoms with van der Waals surface area (Å²) in [6.45, 7) is 8.59. The highest BCUT2D eigenvalue weighted by Crippen LogP contribution is 2.29. The summed E-state index contributed by atoms with van der Waals surface area (Å²) in [7, 11) is 0. The Morgan fingerprint density at radius 2 is 1.92 bits per heavy atom. The first kappa shape index (κ1) is 29.4. The summed E-state index contributed by atoms with van der Waals surface area (Å²) in [5.74, 6) is -1.39. The molecule has 3 N–H and O–H groups in total. The number of carbonyl (C=O) groups is 4. The van der Waals surface area contributed by atoms with Crippen molar-refractivity contribution in [1.29, 1.82) is 0 Å². The first-order chi connectivity index (χ1) is 17.9. The molecule has 1 aromatic heterocycles. The second-order valence-electron chi connectivity index (χ2n) is 10.6. The van der Waals surface area contributed by atoms with Gasteiger partial charge in [0.15, 0.2) is 0 Å². The lowest BCUT2D eigenvalue weighted by Gasteiger charge is -2.35. The highest BCUT2D eigenvalue weighted by molar-refractivity contribution is 7.13. The van der Waals surface area contributed by atoms with E-state index in [-0.39, 0.29) is 38.1 Å². The van der Waals surface area contributed by atoms with Gasteiger partial charge in [0.1, 0.15) is 31.6 Å². The average molecular weight is 545 g/mol. The topological polar surface area (TPSA) is 138 Å². The lowest BCUT2D eigenvalue weighted by molar-refractivity contribution is -0.144. The van der Waals surface area contributed by atoms with Crippen molar-refractivity contribution in [3.8, 4) is 10.4 Å². The van der Waals surface area contributed by atoms with Crippen molar-refractivity contribution in [3.63, 3.8) is 0 Å². The van der Waals surface area contributed by atoms with Crippen molar-refractivity contribution in [2.24, 2.45) is 5.41 Å². The van der Waals surface area contributed by atoms with Crippen LogP contribution in [0.2, 0.25) is 0 Å². The molecule has 4 atom stereocenters. The second kappa shape index (κ2) is 12.6. The first-order valence-corrected chi connectivity index (χ1v) is 13.4. The Balaban J connectivity index is 1.70. The van der Waals surface area contributed by atoms with Gasteiger partial charge in [-0.15, -0.1) is 11.3 Å². The van der Waals surface area contributed by atoms with Crippen LogP contribution in [0, 0.1) is 12.3 Å². The number of nitrogens with one attached hydrogen (secondary N) is 2. The van der Waals surface area contributed by atoms with Crippen LogP contribution in [0.25, 0.3) is 10.4 Å². The van der Waals surface area contributed by atoms with Gasteiger partial charge >= 0.3 is 0 Å². The van der Waals surface area contributed by atoms with Crippen LogP contribution in [0.3, 0.4) is 0 Å². The number of rotatable bonds is 10. The number of aldehydes is 1. The third-order valence-corrected chi connectivity index (χ3v) is 7.46. The van der Waals surface area contributed by atoms with E-state index in [1.807, 2.05) is 43.6 Å². The van der Waals surface area contributed by atoms with Gasteiger partial charge in [-0.2, -0.15) is 0 Å². The van der Waals surface area contributed by atoms with Crippen molar-refractivity contribution in [1.82, 2.24) is 20.5 Å². The Kier molecular flexibility index (Phi) is 9.75. The molecule has 3 amide bonds. The molecule has 206 valence electrons. The minimum atomic E-state index is -0.962. The molecular formula is C27H36N4O6S. The van der Waals surface area contributed by atoms with Gasteiger partial charge < -0.3 is 30.2 Å². The van der Waals surface area contributed by atoms with Gasteiger partial charge in [-0.25, -0.2) is 4.98 Å². The Hall–Kier alpha value is -3.15. The van der Waals surface area contributed by atoms with Crippen LogP contribution in [0.15, 0.2) is 29.8 Å². The number of aliphatic hydroxyl groups excluding tert-OH is 1. The number of likely N-dealkylation sites (tertiary alicyclic amines) is 1. The van der Waals surface area contributed by atoms with E-state index in [0.29, 0.717) is 6.29 Å². The Bertz CT molecular complexity index is 1140. The van der Waals surface area contributed by atoms with Crippen molar-refractivity contribution in [2.45, 2.75) is 65.3 Å². The van der Waals surface area contributed by atoms with Crippen LogP contribution in [-0.4, -0.2) is 76.9 Å². The van der Waals surface area contributed by atoms with Crippen LogP contribution in [-0.2, 0) is 23.9 Å². The van der Waals surface area contributed by atoms with Gasteiger partial charge in [0.05, 0.1) is 28.2 Å². The number of aryl methyl sites for hydroxylation is 1. The fourth-order valence-corrected chi connectivity index (χ4v) is 5.23. The first-order valence-electron chi connectivity index (χ1n) is 12.5. The number of hydrogen-bond donors (Lipinski definition) is 3. The summed E-state index contributed by atoms with van der Waals surface area (Å²) in [4.78, 5) is 56.4. The summed E-state index contributed by atoms with van der Waals surface area (Å²) in [6, 6.07) is 5.70. The monoisotopic (exact) mass is 544 g/mol. The highest BCUT2D eigenvalue weighted by Gasteiger charge is 2.44. The largest absolute Gasteiger partial charge is 0.391 e. The van der Waals surface area contributed by atoms with Gasteiger partial charge in [0.25, 0.3) is 0 Å². The minimum Gasteiger partial charge on any atom is -0.391 e. The van der Waals surface area contributed by atoms with E-state index < -0.39 is 35.4 Å². The van der Waals surface area contributed by atoms with Crippen LogP contribution >= 0.6 is 11.3 Å². The number of β-amino-alcohol motifs (C(OH)–C–C–N with tert-alkyl or cyclic N) is 1. The smallest absolute Gasteiger partial charge is 0.246 e. The van der Waals surface area contributed by atoms with Crippen LogP contribution < -0.4 is 10.6 Å². The number of carbonyl (C=O) groups excluding carboxylic acids is 4. The van der Waals surface area contributed by atoms with Crippen molar-refractivity contribution in [3.05, 3.63) is 41.0 Å². The number of nitrogens with zero attached hydrogens (tertiary/aromatic N) is 2. The maximum absolute atomic E-state index is 13.6. The number of hydrogen-bond acceptors (Lipinski definition) is 8. The van der Waals surface area contributed by atoms with E-state index in [1.165, 1.54) is 4.90 Å². The summed E-state index contributed by atoms with van der Waals surface area (Å²) in [5.41, 5.74) is 4.04. The number of thiazole rings is 1. The van der Waals surface area contributed by atoms with Gasteiger partial charge in [0, 0.05) is 13.0 Å². The number of aliphatic hydroxyl groups is 1. The van der Waals surface area contributed by atoms with E-state index in [4.69, 9.17) is 4.74 Å². The molecule has 11 heteroatoms. The molecule has 3 rings (SSSR count). The third kappa shape index (κ3) is 7.24. The van der Waals surface area contributed by atoms with Gasteiger partial charge in [-0.3, -0.25) is 14.4 Å². The third-order valence-electron chi connectivity index (χ3n) is 6.48. The SMILES string of the molecule is Cc1ncsc1-c1ccc([C@H](C)NC(=O)[C@@H]2C[C@@H](O)CN2C(=O)[C@@H](NC(=O)COCC=O)C(C)(C)C)cc1. The molecule has 0 unspecified atom stereocenters. The van der Waals surface area contributed by atoms with Crippen molar-refractivity contribution < 1.29 is 29.0 Å². The number of aromatic nitrogens is 1. The maximum Gasteiger partial charge on any atom is 0.246 e. The average Bonchev–Trinajstić information content (AvgIpc) is 3.47. The van der Waals surface area contributed by atoms with E-state index in [2.05, 4.69) is 15.6 Å². The molecule has 0 aliphatic carbocycles. The van der Waals surface area contributed by atoms with E-state index in [1.54, 1.807) is 32.1 Å². The minimum absolute atomic E-state index is 0.0156. The molecule has 0 saturated carbocycles.